The zero-order valence-corrected chi connectivity index (χ0v) is 20.5. The normalized spacial score (nSPS) is 44.9. The number of aliphatic hydroxyl groups is 1. The first kappa shape index (κ1) is 23.6. The van der Waals surface area contributed by atoms with Gasteiger partial charge in [0.05, 0.1) is 6.10 Å². The van der Waals surface area contributed by atoms with Crippen LogP contribution in [0, 0.1) is 46.3 Å². The van der Waals surface area contributed by atoms with Crippen LogP contribution in [0.5, 0.6) is 0 Å². The van der Waals surface area contributed by atoms with Gasteiger partial charge in [-0.1, -0.05) is 65.5 Å². The summed E-state index contributed by atoms with van der Waals surface area (Å²) in [5, 5.41) is 10.2. The fourth-order valence-electron chi connectivity index (χ4n) is 8.67. The van der Waals surface area contributed by atoms with Crippen LogP contribution in [0.4, 0.5) is 0 Å². The Morgan fingerprint density at radius 2 is 1.76 bits per heavy atom. The molecule has 1 N–H and O–H groups in total. The summed E-state index contributed by atoms with van der Waals surface area (Å²) in [5.41, 5.74) is 2.60. The molecule has 0 aromatic heterocycles. The number of hydrogen-bond donors (Lipinski definition) is 1. The predicted octanol–water partition coefficient (Wildman–Crippen LogP) is 4.39. The molecule has 0 radical (unpaired) electrons. The summed E-state index contributed by atoms with van der Waals surface area (Å²) in [7, 11) is 0. The maximum absolute atomic E-state index is 10.2. The summed E-state index contributed by atoms with van der Waals surface area (Å²) in [5.74, 6) is 5.46. The molecule has 0 aromatic carbocycles. The van der Waals surface area contributed by atoms with Gasteiger partial charge in [0, 0.05) is 0 Å². The standard InChI is InChI=1S/C27H46O.ClH/c1-18(2)7-6-8-19(3)23-11-12-24-22-10-9-20-17-21(28)13-15-26(20,4)25(22)14-16-27(23,24)5;/h9,18-19,21-25,28H,6-8,10-17H2,1-5H3;1H/p-1/t19-,21+,22+,23-,24+,25+,26+,27-;/m1./s1. The average molecular weight is 422 g/mol. The van der Waals surface area contributed by atoms with Crippen LogP contribution in [0.1, 0.15) is 105 Å². The molecular formula is C27H46ClO-. The minimum absolute atomic E-state index is 0. The van der Waals surface area contributed by atoms with Crippen molar-refractivity contribution in [1.29, 1.82) is 0 Å². The van der Waals surface area contributed by atoms with Crippen molar-refractivity contribution in [3.05, 3.63) is 11.6 Å². The van der Waals surface area contributed by atoms with E-state index in [4.69, 9.17) is 0 Å². The second-order valence-electron chi connectivity index (χ2n) is 12.2. The lowest BCUT2D eigenvalue weighted by Gasteiger charge is -2.58. The highest BCUT2D eigenvalue weighted by molar-refractivity contribution is 5.25. The summed E-state index contributed by atoms with van der Waals surface area (Å²) in [6.07, 6.45) is 17.2. The Kier molecular flexibility index (Phi) is 7.22. The van der Waals surface area contributed by atoms with Crippen molar-refractivity contribution in [3.63, 3.8) is 0 Å². The molecule has 0 aliphatic heterocycles. The Morgan fingerprint density at radius 1 is 1.00 bits per heavy atom. The molecule has 0 amide bonds. The topological polar surface area (TPSA) is 20.2 Å². The monoisotopic (exact) mass is 421 g/mol. The quantitative estimate of drug-likeness (QED) is 0.652. The Labute approximate surface area is 186 Å². The van der Waals surface area contributed by atoms with E-state index in [2.05, 4.69) is 40.7 Å². The third-order valence-electron chi connectivity index (χ3n) is 10.3. The molecule has 29 heavy (non-hydrogen) atoms. The van der Waals surface area contributed by atoms with E-state index in [0.717, 1.165) is 48.3 Å². The largest absolute Gasteiger partial charge is 1.00 e. The molecule has 8 atom stereocenters. The molecule has 1 nitrogen and oxygen atoms in total. The van der Waals surface area contributed by atoms with Crippen LogP contribution in [-0.4, -0.2) is 11.2 Å². The predicted molar refractivity (Wildman–Crippen MR) is 119 cm³/mol. The van der Waals surface area contributed by atoms with Gasteiger partial charge in [-0.15, -0.1) is 0 Å². The van der Waals surface area contributed by atoms with E-state index >= 15 is 0 Å². The molecule has 3 saturated carbocycles. The molecular weight excluding hydrogens is 376 g/mol. The van der Waals surface area contributed by atoms with Crippen LogP contribution < -0.4 is 12.4 Å². The third-order valence-corrected chi connectivity index (χ3v) is 10.3. The van der Waals surface area contributed by atoms with E-state index in [-0.39, 0.29) is 18.5 Å². The Hall–Kier alpha value is -0.0100. The van der Waals surface area contributed by atoms with Gasteiger partial charge in [0.2, 0.25) is 0 Å². The molecule has 0 spiro atoms. The van der Waals surface area contributed by atoms with E-state index in [1.54, 1.807) is 5.57 Å². The first-order valence-electron chi connectivity index (χ1n) is 12.6. The summed E-state index contributed by atoms with van der Waals surface area (Å²) >= 11 is 0. The second kappa shape index (κ2) is 8.85. The molecule has 168 valence electrons. The zero-order chi connectivity index (χ0) is 20.1. The van der Waals surface area contributed by atoms with Crippen molar-refractivity contribution in [2.45, 2.75) is 111 Å². The van der Waals surface area contributed by atoms with Gasteiger partial charge >= 0.3 is 0 Å². The molecule has 0 aromatic rings. The summed E-state index contributed by atoms with van der Waals surface area (Å²) < 4.78 is 0. The van der Waals surface area contributed by atoms with Gasteiger partial charge < -0.3 is 17.5 Å². The summed E-state index contributed by atoms with van der Waals surface area (Å²) in [4.78, 5) is 0. The van der Waals surface area contributed by atoms with Gasteiger partial charge in [-0.3, -0.25) is 0 Å². The van der Waals surface area contributed by atoms with Crippen molar-refractivity contribution in [2.24, 2.45) is 46.3 Å². The van der Waals surface area contributed by atoms with Crippen LogP contribution in [0.15, 0.2) is 11.6 Å². The number of hydrogen-bond acceptors (Lipinski definition) is 1. The van der Waals surface area contributed by atoms with Gasteiger partial charge in [-0.25, -0.2) is 0 Å². The Morgan fingerprint density at radius 3 is 2.48 bits per heavy atom. The smallest absolute Gasteiger partial charge is 0.0577 e. The average Bonchev–Trinajstić information content (AvgIpc) is 2.99. The van der Waals surface area contributed by atoms with Gasteiger partial charge in [-0.2, -0.15) is 0 Å². The summed E-state index contributed by atoms with van der Waals surface area (Å²) in [6.45, 7) is 12.6. The number of aliphatic hydroxyl groups excluding tert-OH is 1. The molecule has 0 saturated heterocycles. The van der Waals surface area contributed by atoms with Gasteiger partial charge in [0.25, 0.3) is 0 Å². The molecule has 4 rings (SSSR count). The highest BCUT2D eigenvalue weighted by Crippen LogP contribution is 2.67. The number of fused-ring (bicyclic) bond motifs is 5. The number of allylic oxidation sites excluding steroid dienone is 1. The molecule has 4 aliphatic rings. The lowest BCUT2D eigenvalue weighted by atomic mass is 9.47. The van der Waals surface area contributed by atoms with Crippen LogP contribution >= 0.6 is 0 Å². The maximum Gasteiger partial charge on any atom is 0.0577 e. The van der Waals surface area contributed by atoms with Crippen LogP contribution in [0.3, 0.4) is 0 Å². The van der Waals surface area contributed by atoms with E-state index in [0.29, 0.717) is 10.8 Å². The number of rotatable bonds is 5. The van der Waals surface area contributed by atoms with E-state index in [9.17, 15) is 5.11 Å². The minimum atomic E-state index is -0.0766. The van der Waals surface area contributed by atoms with E-state index in [1.807, 2.05) is 0 Å². The molecule has 3 fully saturated rings. The maximum atomic E-state index is 10.2. The molecule has 0 heterocycles. The highest BCUT2D eigenvalue weighted by Gasteiger charge is 2.59. The summed E-state index contributed by atoms with van der Waals surface area (Å²) in [6, 6.07) is 0. The van der Waals surface area contributed by atoms with E-state index in [1.165, 1.54) is 57.8 Å². The minimum Gasteiger partial charge on any atom is -1.00 e. The number of halogens is 1. The van der Waals surface area contributed by atoms with Crippen LogP contribution in [0.2, 0.25) is 0 Å². The van der Waals surface area contributed by atoms with Crippen molar-refractivity contribution < 1.29 is 17.5 Å². The van der Waals surface area contributed by atoms with E-state index < -0.39 is 0 Å². The Bertz CT molecular complexity index is 597. The van der Waals surface area contributed by atoms with Crippen molar-refractivity contribution in [1.82, 2.24) is 0 Å². The van der Waals surface area contributed by atoms with Crippen molar-refractivity contribution >= 4 is 0 Å². The lowest BCUT2D eigenvalue weighted by molar-refractivity contribution is -0.0573. The first-order chi connectivity index (χ1) is 13.3. The molecule has 0 bridgehead atoms. The fraction of sp³-hybridized carbons (Fsp3) is 0.926. The van der Waals surface area contributed by atoms with Crippen LogP contribution in [0.25, 0.3) is 0 Å². The Balaban J connectivity index is 0.00000240. The molecule has 4 aliphatic carbocycles. The first-order valence-corrected chi connectivity index (χ1v) is 12.6. The highest BCUT2D eigenvalue weighted by atomic mass is 35.5. The van der Waals surface area contributed by atoms with Crippen molar-refractivity contribution in [3.8, 4) is 0 Å². The lowest BCUT2D eigenvalue weighted by Crippen LogP contribution is -3.00. The fourth-order valence-corrected chi connectivity index (χ4v) is 8.67. The second-order valence-corrected chi connectivity index (χ2v) is 12.2. The van der Waals surface area contributed by atoms with Gasteiger partial charge in [0.15, 0.2) is 0 Å². The van der Waals surface area contributed by atoms with Crippen molar-refractivity contribution in [2.75, 3.05) is 0 Å². The third kappa shape index (κ3) is 4.09. The SMILES string of the molecule is CC(C)CCC[C@@H](C)[C@H]1CC[C@H]2[C@@H]3CC=C4C[C@@H](O)CC[C@]4(C)[C@H]3CC[C@]12C.[Cl-]. The van der Waals surface area contributed by atoms with Gasteiger partial charge in [-0.05, 0) is 97.7 Å². The molecule has 2 heteroatoms. The zero-order valence-electron chi connectivity index (χ0n) is 19.7. The van der Waals surface area contributed by atoms with Gasteiger partial charge in [0.1, 0.15) is 0 Å². The van der Waals surface area contributed by atoms with Crippen LogP contribution in [-0.2, 0) is 0 Å². The molecule has 0 unspecified atom stereocenters.